The van der Waals surface area contributed by atoms with E-state index in [2.05, 4.69) is 39.7 Å². The average Bonchev–Trinajstić information content (AvgIpc) is 2.10. The van der Waals surface area contributed by atoms with E-state index < -0.39 is 0 Å². The third-order valence-corrected chi connectivity index (χ3v) is 4.06. The van der Waals surface area contributed by atoms with Gasteiger partial charge in [-0.2, -0.15) is 11.8 Å². The number of H-pyrrole nitrogens is 1. The summed E-state index contributed by atoms with van der Waals surface area (Å²) in [7, 11) is 0. The summed E-state index contributed by atoms with van der Waals surface area (Å²) in [6, 6.07) is 0. The minimum Gasteiger partial charge on any atom is -0.333 e. The molecule has 0 aliphatic rings. The molecule has 0 radical (unpaired) electrons. The van der Waals surface area contributed by atoms with E-state index in [1.807, 2.05) is 11.8 Å². The molecular formula is C9H13BrN2S2. The minimum absolute atomic E-state index is 0.721. The average molecular weight is 293 g/mol. The molecule has 0 aromatic carbocycles. The first-order chi connectivity index (χ1) is 6.59. The number of nitrogens with zero attached hydrogens (tertiary/aromatic N) is 1. The molecule has 0 saturated carbocycles. The van der Waals surface area contributed by atoms with E-state index in [0.717, 1.165) is 32.4 Å². The molecule has 78 valence electrons. The van der Waals surface area contributed by atoms with Crippen molar-refractivity contribution in [3.63, 3.8) is 0 Å². The molecule has 0 atom stereocenters. The number of halogens is 1. The second-order valence-electron chi connectivity index (χ2n) is 3.42. The largest absolute Gasteiger partial charge is 0.333 e. The van der Waals surface area contributed by atoms with Crippen molar-refractivity contribution in [2.24, 2.45) is 5.92 Å². The molecule has 0 fully saturated rings. The molecule has 5 heteroatoms. The van der Waals surface area contributed by atoms with Crippen molar-refractivity contribution in [1.82, 2.24) is 9.97 Å². The van der Waals surface area contributed by atoms with E-state index in [1.165, 1.54) is 0 Å². The molecule has 1 N–H and O–H groups in total. The summed E-state index contributed by atoms with van der Waals surface area (Å²) < 4.78 is 1.57. The standard InChI is InChI=1S/C9H13BrN2S2/c1-6(2)4-14-5-8-11-3-7(10)9(13)12-8/h3,6H,4-5H2,1-2H3,(H,11,12,13). The minimum atomic E-state index is 0.721. The smallest absolute Gasteiger partial charge is 0.120 e. The van der Waals surface area contributed by atoms with Gasteiger partial charge in [0.05, 0.1) is 10.2 Å². The summed E-state index contributed by atoms with van der Waals surface area (Å²) in [5.41, 5.74) is 0. The maximum Gasteiger partial charge on any atom is 0.120 e. The molecule has 1 aromatic rings. The van der Waals surface area contributed by atoms with E-state index in [-0.39, 0.29) is 0 Å². The van der Waals surface area contributed by atoms with Crippen molar-refractivity contribution >= 4 is 39.9 Å². The summed E-state index contributed by atoms with van der Waals surface area (Å²) in [5, 5.41) is 0. The monoisotopic (exact) mass is 292 g/mol. The van der Waals surface area contributed by atoms with E-state index in [1.54, 1.807) is 6.20 Å². The Bertz CT molecular complexity index is 349. The number of hydrogen-bond donors (Lipinski definition) is 1. The highest BCUT2D eigenvalue weighted by molar-refractivity contribution is 9.10. The summed E-state index contributed by atoms with van der Waals surface area (Å²) in [4.78, 5) is 7.33. The zero-order chi connectivity index (χ0) is 10.6. The van der Waals surface area contributed by atoms with Crippen LogP contribution in [0.1, 0.15) is 19.7 Å². The fraction of sp³-hybridized carbons (Fsp3) is 0.556. The van der Waals surface area contributed by atoms with Crippen LogP contribution in [0.15, 0.2) is 10.7 Å². The Morgan fingerprint density at radius 2 is 2.36 bits per heavy atom. The van der Waals surface area contributed by atoms with Crippen LogP contribution >= 0.6 is 39.9 Å². The summed E-state index contributed by atoms with van der Waals surface area (Å²) in [6.07, 6.45) is 1.75. The van der Waals surface area contributed by atoms with Crippen molar-refractivity contribution in [3.05, 3.63) is 21.1 Å². The number of nitrogens with one attached hydrogen (secondary N) is 1. The van der Waals surface area contributed by atoms with Crippen LogP contribution in [0.5, 0.6) is 0 Å². The van der Waals surface area contributed by atoms with Crippen LogP contribution in [0, 0.1) is 10.6 Å². The highest BCUT2D eigenvalue weighted by Crippen LogP contribution is 2.14. The Balaban J connectivity index is 2.52. The van der Waals surface area contributed by atoms with Crippen LogP contribution in [0.3, 0.4) is 0 Å². The summed E-state index contributed by atoms with van der Waals surface area (Å²) in [6.45, 7) is 4.43. The van der Waals surface area contributed by atoms with Crippen molar-refractivity contribution in [1.29, 1.82) is 0 Å². The van der Waals surface area contributed by atoms with Gasteiger partial charge in [-0.3, -0.25) is 0 Å². The predicted octanol–water partition coefficient (Wildman–Crippen LogP) is 3.79. The van der Waals surface area contributed by atoms with Crippen molar-refractivity contribution in [2.45, 2.75) is 19.6 Å². The Morgan fingerprint density at radius 3 is 2.93 bits per heavy atom. The van der Waals surface area contributed by atoms with Gasteiger partial charge in [0.15, 0.2) is 0 Å². The van der Waals surface area contributed by atoms with Gasteiger partial charge in [-0.05, 0) is 27.6 Å². The first-order valence-electron chi connectivity index (χ1n) is 4.41. The Morgan fingerprint density at radius 1 is 1.64 bits per heavy atom. The van der Waals surface area contributed by atoms with Gasteiger partial charge in [0.1, 0.15) is 10.5 Å². The van der Waals surface area contributed by atoms with Gasteiger partial charge in [0.25, 0.3) is 0 Å². The maximum absolute atomic E-state index is 5.09. The Hall–Kier alpha value is 0.130. The number of rotatable bonds is 4. The van der Waals surface area contributed by atoms with E-state index in [0.29, 0.717) is 0 Å². The van der Waals surface area contributed by atoms with Crippen molar-refractivity contribution in [3.8, 4) is 0 Å². The zero-order valence-corrected chi connectivity index (χ0v) is 11.4. The fourth-order valence-corrected chi connectivity index (χ4v) is 2.18. The summed E-state index contributed by atoms with van der Waals surface area (Å²) in [5.74, 6) is 3.72. The SMILES string of the molecule is CC(C)CSCc1ncc(Br)c(=S)[nH]1. The molecule has 0 aliphatic carbocycles. The van der Waals surface area contributed by atoms with Gasteiger partial charge in [-0.25, -0.2) is 4.98 Å². The second kappa shape index (κ2) is 5.88. The molecule has 14 heavy (non-hydrogen) atoms. The van der Waals surface area contributed by atoms with Crippen LogP contribution in [0.4, 0.5) is 0 Å². The topological polar surface area (TPSA) is 28.7 Å². The lowest BCUT2D eigenvalue weighted by molar-refractivity contribution is 0.749. The van der Waals surface area contributed by atoms with Crippen LogP contribution in [0.2, 0.25) is 0 Å². The molecular weight excluding hydrogens is 280 g/mol. The van der Waals surface area contributed by atoms with Gasteiger partial charge in [-0.15, -0.1) is 0 Å². The molecule has 1 aromatic heterocycles. The molecule has 0 unspecified atom stereocenters. The van der Waals surface area contributed by atoms with Crippen molar-refractivity contribution < 1.29 is 0 Å². The quantitative estimate of drug-likeness (QED) is 0.856. The van der Waals surface area contributed by atoms with E-state index >= 15 is 0 Å². The molecule has 2 nitrogen and oxygen atoms in total. The van der Waals surface area contributed by atoms with Gasteiger partial charge in [0, 0.05) is 6.20 Å². The molecule has 0 amide bonds. The van der Waals surface area contributed by atoms with Gasteiger partial charge < -0.3 is 4.98 Å². The second-order valence-corrected chi connectivity index (χ2v) is 5.71. The van der Waals surface area contributed by atoms with Crippen LogP contribution in [0.25, 0.3) is 0 Å². The fourth-order valence-electron chi connectivity index (χ4n) is 0.881. The van der Waals surface area contributed by atoms with Gasteiger partial charge >= 0.3 is 0 Å². The highest BCUT2D eigenvalue weighted by atomic mass is 79.9. The van der Waals surface area contributed by atoms with Crippen LogP contribution < -0.4 is 0 Å². The van der Waals surface area contributed by atoms with E-state index in [4.69, 9.17) is 12.2 Å². The number of aromatic nitrogens is 2. The van der Waals surface area contributed by atoms with Gasteiger partial charge in [-0.1, -0.05) is 26.1 Å². The predicted molar refractivity (Wildman–Crippen MR) is 68.1 cm³/mol. The number of thioether (sulfide) groups is 1. The van der Waals surface area contributed by atoms with Crippen LogP contribution in [-0.2, 0) is 5.75 Å². The summed E-state index contributed by atoms with van der Waals surface area (Å²) >= 11 is 10.3. The molecule has 1 heterocycles. The first-order valence-corrected chi connectivity index (χ1v) is 6.76. The lowest BCUT2D eigenvalue weighted by Crippen LogP contribution is -1.96. The van der Waals surface area contributed by atoms with Crippen LogP contribution in [-0.4, -0.2) is 15.7 Å². The lowest BCUT2D eigenvalue weighted by atomic mass is 10.3. The van der Waals surface area contributed by atoms with Crippen molar-refractivity contribution in [2.75, 3.05) is 5.75 Å². The Kier molecular flexibility index (Phi) is 5.12. The zero-order valence-electron chi connectivity index (χ0n) is 8.21. The third kappa shape index (κ3) is 4.11. The first kappa shape index (κ1) is 12.2. The maximum atomic E-state index is 5.09. The number of aromatic amines is 1. The molecule has 1 rings (SSSR count). The third-order valence-electron chi connectivity index (χ3n) is 1.50. The highest BCUT2D eigenvalue weighted by Gasteiger charge is 1.99. The Labute approximate surface area is 102 Å². The molecule has 0 spiro atoms. The number of hydrogen-bond acceptors (Lipinski definition) is 3. The van der Waals surface area contributed by atoms with E-state index in [9.17, 15) is 0 Å². The molecule has 0 aliphatic heterocycles. The van der Waals surface area contributed by atoms with Gasteiger partial charge in [0.2, 0.25) is 0 Å². The lowest BCUT2D eigenvalue weighted by Gasteiger charge is -2.04. The molecule has 0 bridgehead atoms. The normalized spacial score (nSPS) is 10.9. The molecule has 0 saturated heterocycles.